The summed E-state index contributed by atoms with van der Waals surface area (Å²) < 4.78 is 9.88. The van der Waals surface area contributed by atoms with Crippen molar-refractivity contribution in [1.82, 2.24) is 4.98 Å². The van der Waals surface area contributed by atoms with E-state index in [9.17, 15) is 14.4 Å². The summed E-state index contributed by atoms with van der Waals surface area (Å²) in [5.74, 6) is -1.76. The first-order chi connectivity index (χ1) is 12.0. The van der Waals surface area contributed by atoms with Gasteiger partial charge in [-0.05, 0) is 38.1 Å². The van der Waals surface area contributed by atoms with Crippen molar-refractivity contribution in [3.63, 3.8) is 0 Å². The molecular formula is C18H18N2O5. The topological polar surface area (TPSA) is 94.6 Å². The highest BCUT2D eigenvalue weighted by Crippen LogP contribution is 2.16. The number of hydrogen-bond acceptors (Lipinski definition) is 6. The molecular weight excluding hydrogens is 324 g/mol. The Morgan fingerprint density at radius 2 is 1.80 bits per heavy atom. The molecule has 0 aliphatic rings. The number of anilines is 1. The molecule has 1 amide bonds. The van der Waals surface area contributed by atoms with Gasteiger partial charge in [-0.3, -0.25) is 9.78 Å². The molecule has 1 aromatic heterocycles. The van der Waals surface area contributed by atoms with Gasteiger partial charge in [0.25, 0.3) is 5.91 Å². The van der Waals surface area contributed by atoms with Crippen LogP contribution in [0.3, 0.4) is 0 Å². The van der Waals surface area contributed by atoms with Crippen molar-refractivity contribution in [3.8, 4) is 0 Å². The molecule has 0 aliphatic heterocycles. The largest absolute Gasteiger partial charge is 0.462 e. The lowest BCUT2D eigenvalue weighted by Gasteiger charge is -2.10. The second-order valence-electron chi connectivity index (χ2n) is 5.08. The Morgan fingerprint density at radius 3 is 2.48 bits per heavy atom. The molecule has 2 rings (SSSR count). The molecule has 1 heterocycles. The highest BCUT2D eigenvalue weighted by molar-refractivity contribution is 6.02. The van der Waals surface area contributed by atoms with E-state index in [2.05, 4.69) is 10.3 Å². The van der Waals surface area contributed by atoms with Gasteiger partial charge in [-0.2, -0.15) is 0 Å². The first-order valence-corrected chi connectivity index (χ1v) is 7.67. The molecule has 0 saturated heterocycles. The van der Waals surface area contributed by atoms with E-state index in [1.165, 1.54) is 12.3 Å². The van der Waals surface area contributed by atoms with Crippen LogP contribution in [0.5, 0.6) is 0 Å². The first kappa shape index (κ1) is 18.1. The maximum atomic E-state index is 12.0. The Morgan fingerprint density at radius 1 is 1.04 bits per heavy atom. The van der Waals surface area contributed by atoms with Crippen LogP contribution in [0.4, 0.5) is 5.69 Å². The Bertz CT molecular complexity index is 771. The van der Waals surface area contributed by atoms with Gasteiger partial charge in [-0.15, -0.1) is 0 Å². The minimum Gasteiger partial charge on any atom is -0.462 e. The third-order valence-electron chi connectivity index (χ3n) is 3.18. The van der Waals surface area contributed by atoms with Crippen LogP contribution in [0.15, 0.2) is 42.6 Å². The van der Waals surface area contributed by atoms with Crippen LogP contribution >= 0.6 is 0 Å². The van der Waals surface area contributed by atoms with Crippen molar-refractivity contribution in [3.05, 3.63) is 59.4 Å². The van der Waals surface area contributed by atoms with Crippen molar-refractivity contribution in [2.45, 2.75) is 13.8 Å². The van der Waals surface area contributed by atoms with Crippen molar-refractivity contribution in [1.29, 1.82) is 0 Å². The third kappa shape index (κ3) is 5.13. The van der Waals surface area contributed by atoms with E-state index in [0.717, 1.165) is 5.69 Å². The lowest BCUT2D eigenvalue weighted by molar-refractivity contribution is -0.119. The lowest BCUT2D eigenvalue weighted by atomic mass is 10.2. The van der Waals surface area contributed by atoms with Gasteiger partial charge >= 0.3 is 11.9 Å². The van der Waals surface area contributed by atoms with Crippen LogP contribution < -0.4 is 5.32 Å². The molecule has 7 heteroatoms. The number of para-hydroxylation sites is 1. The van der Waals surface area contributed by atoms with Crippen LogP contribution in [0.25, 0.3) is 0 Å². The maximum Gasteiger partial charge on any atom is 0.340 e. The average Bonchev–Trinajstić information content (AvgIpc) is 2.61. The predicted molar refractivity (Wildman–Crippen MR) is 90.3 cm³/mol. The summed E-state index contributed by atoms with van der Waals surface area (Å²) >= 11 is 0. The number of rotatable bonds is 6. The standard InChI is InChI=1S/C18H18N2O5/c1-3-24-18(23)14-6-4-5-7-15(14)20-16(21)11-25-17(22)13-9-8-12(2)19-10-13/h4-10H,3,11H2,1-2H3,(H,20,21). The molecule has 1 N–H and O–H groups in total. The first-order valence-electron chi connectivity index (χ1n) is 7.67. The molecule has 1 aromatic carbocycles. The summed E-state index contributed by atoms with van der Waals surface area (Å²) in [6.07, 6.45) is 1.38. The quantitative estimate of drug-likeness (QED) is 0.810. The highest BCUT2D eigenvalue weighted by Gasteiger charge is 2.15. The maximum absolute atomic E-state index is 12.0. The van der Waals surface area contributed by atoms with Crippen LogP contribution in [-0.2, 0) is 14.3 Å². The minimum absolute atomic E-state index is 0.226. The van der Waals surface area contributed by atoms with Crippen LogP contribution in [-0.4, -0.2) is 36.0 Å². The molecule has 0 unspecified atom stereocenters. The molecule has 0 aliphatic carbocycles. The van der Waals surface area contributed by atoms with E-state index in [1.54, 1.807) is 44.2 Å². The lowest BCUT2D eigenvalue weighted by Crippen LogP contribution is -2.22. The average molecular weight is 342 g/mol. The van der Waals surface area contributed by atoms with Crippen LogP contribution in [0.2, 0.25) is 0 Å². The summed E-state index contributed by atoms with van der Waals surface area (Å²) in [7, 11) is 0. The number of esters is 2. The van der Waals surface area contributed by atoms with Crippen LogP contribution in [0.1, 0.15) is 33.3 Å². The van der Waals surface area contributed by atoms with Gasteiger partial charge in [0.15, 0.2) is 6.61 Å². The molecule has 25 heavy (non-hydrogen) atoms. The van der Waals surface area contributed by atoms with E-state index >= 15 is 0 Å². The Kier molecular flexibility index (Phi) is 6.22. The smallest absolute Gasteiger partial charge is 0.340 e. The molecule has 0 spiro atoms. The third-order valence-corrected chi connectivity index (χ3v) is 3.18. The molecule has 0 fully saturated rings. The number of aryl methyl sites for hydroxylation is 1. The summed E-state index contributed by atoms with van der Waals surface area (Å²) in [6, 6.07) is 9.67. The highest BCUT2D eigenvalue weighted by atomic mass is 16.5. The summed E-state index contributed by atoms with van der Waals surface area (Å²) in [4.78, 5) is 39.7. The molecule has 0 saturated carbocycles. The van der Waals surface area contributed by atoms with E-state index in [-0.39, 0.29) is 17.7 Å². The van der Waals surface area contributed by atoms with Crippen molar-refractivity contribution < 1.29 is 23.9 Å². The number of ether oxygens (including phenoxy) is 2. The van der Waals surface area contributed by atoms with Gasteiger partial charge in [0.2, 0.25) is 0 Å². The molecule has 0 radical (unpaired) electrons. The second-order valence-corrected chi connectivity index (χ2v) is 5.08. The fourth-order valence-corrected chi connectivity index (χ4v) is 1.97. The molecule has 2 aromatic rings. The summed E-state index contributed by atoms with van der Waals surface area (Å²) in [6.45, 7) is 3.23. The number of carbonyl (C=O) groups excluding carboxylic acids is 3. The van der Waals surface area contributed by atoms with E-state index in [4.69, 9.17) is 9.47 Å². The molecule has 0 bridgehead atoms. The Hall–Kier alpha value is -3.22. The van der Waals surface area contributed by atoms with Crippen molar-refractivity contribution in [2.75, 3.05) is 18.5 Å². The number of aromatic nitrogens is 1. The minimum atomic E-state index is -0.652. The zero-order chi connectivity index (χ0) is 18.2. The van der Waals surface area contributed by atoms with Gasteiger partial charge < -0.3 is 14.8 Å². The number of pyridine rings is 1. The number of hydrogen-bond donors (Lipinski definition) is 1. The Labute approximate surface area is 145 Å². The number of nitrogens with one attached hydrogen (secondary N) is 1. The monoisotopic (exact) mass is 342 g/mol. The molecule has 0 atom stereocenters. The number of amides is 1. The normalized spacial score (nSPS) is 10.0. The van der Waals surface area contributed by atoms with Gasteiger partial charge in [0, 0.05) is 11.9 Å². The van der Waals surface area contributed by atoms with E-state index < -0.39 is 24.5 Å². The summed E-state index contributed by atoms with van der Waals surface area (Å²) in [5.41, 5.74) is 1.54. The van der Waals surface area contributed by atoms with Crippen molar-refractivity contribution >= 4 is 23.5 Å². The zero-order valence-electron chi connectivity index (χ0n) is 13.9. The van der Waals surface area contributed by atoms with E-state index in [0.29, 0.717) is 5.69 Å². The van der Waals surface area contributed by atoms with Gasteiger partial charge in [-0.1, -0.05) is 12.1 Å². The van der Waals surface area contributed by atoms with E-state index in [1.807, 2.05) is 0 Å². The zero-order valence-corrected chi connectivity index (χ0v) is 13.9. The Balaban J connectivity index is 1.95. The van der Waals surface area contributed by atoms with Crippen molar-refractivity contribution in [2.24, 2.45) is 0 Å². The van der Waals surface area contributed by atoms with Gasteiger partial charge in [0.05, 0.1) is 23.4 Å². The van der Waals surface area contributed by atoms with Gasteiger partial charge in [0.1, 0.15) is 0 Å². The number of carbonyl (C=O) groups is 3. The van der Waals surface area contributed by atoms with Gasteiger partial charge in [-0.25, -0.2) is 9.59 Å². The number of benzene rings is 1. The summed E-state index contributed by atoms with van der Waals surface area (Å²) in [5, 5.41) is 2.53. The van der Waals surface area contributed by atoms with Crippen LogP contribution in [0, 0.1) is 6.92 Å². The second kappa shape index (κ2) is 8.58. The SMILES string of the molecule is CCOC(=O)c1ccccc1NC(=O)COC(=O)c1ccc(C)nc1. The fourth-order valence-electron chi connectivity index (χ4n) is 1.97. The molecule has 7 nitrogen and oxygen atoms in total. The fraction of sp³-hybridized carbons (Fsp3) is 0.222. The predicted octanol–water partition coefficient (Wildman–Crippen LogP) is 2.36. The number of nitrogens with zero attached hydrogens (tertiary/aromatic N) is 1. The molecule has 130 valence electrons.